The quantitative estimate of drug-likeness (QED) is 0.167. The standard InChI is InChI=1S/C32H18N8.ClH.Re/c1-2-10-18-17(9-1)25-33-26(18)38-28-21-13-5-6-14-22(21)30(35-28)40-32-24-16-8-7-15-23(24)31(36-32)39-29-20-12-4-3-11-19(20)27(34-29)37-25;;/h1-16H,(H2,33,34,35,36,37,38,39,40);1H;/q;;+1/p-1. The molecule has 9 rings (SSSR count). The summed E-state index contributed by atoms with van der Waals surface area (Å²) >= 11 is 1.19. The Morgan fingerprint density at radius 3 is 0.857 bits per heavy atom. The van der Waals surface area contributed by atoms with Gasteiger partial charge in [0.05, 0.1) is 0 Å². The second-order valence-electron chi connectivity index (χ2n) is 9.79. The predicted octanol–water partition coefficient (Wildman–Crippen LogP) is 7.56. The first kappa shape index (κ1) is 24.9. The van der Waals surface area contributed by atoms with Crippen molar-refractivity contribution in [2.24, 2.45) is 0 Å². The van der Waals surface area contributed by atoms with E-state index in [-0.39, 0.29) is 0 Å². The maximum absolute atomic E-state index is 5.02. The molecule has 4 aromatic carbocycles. The van der Waals surface area contributed by atoms with Crippen molar-refractivity contribution < 1.29 is 18.2 Å². The molecular formula is C32H18ClN8Re. The fourth-order valence-electron chi connectivity index (χ4n) is 5.59. The van der Waals surface area contributed by atoms with Crippen molar-refractivity contribution in [2.45, 2.75) is 0 Å². The first-order valence-corrected chi connectivity index (χ1v) is 16.5. The van der Waals surface area contributed by atoms with Gasteiger partial charge < -0.3 is 9.97 Å². The molecule has 10 heteroatoms. The van der Waals surface area contributed by atoms with Crippen molar-refractivity contribution in [2.75, 3.05) is 0 Å². The fraction of sp³-hybridized carbons (Fsp3) is 0. The number of fused-ring (bicyclic) bond motifs is 20. The van der Waals surface area contributed by atoms with E-state index in [9.17, 15) is 0 Å². The Morgan fingerprint density at radius 1 is 0.357 bits per heavy atom. The van der Waals surface area contributed by atoms with Crippen LogP contribution < -0.4 is 0 Å². The Bertz CT molecular complexity index is 2040. The van der Waals surface area contributed by atoms with Gasteiger partial charge in [0.2, 0.25) is 0 Å². The molecule has 0 unspecified atom stereocenters. The van der Waals surface area contributed by atoms with Crippen LogP contribution in [0.2, 0.25) is 0 Å². The second-order valence-corrected chi connectivity index (χ2v) is 9.79. The second kappa shape index (κ2) is 9.93. The minimum atomic E-state index is 0.597. The smallest absolute Gasteiger partial charge is 0.164 e. The third-order valence-electron chi connectivity index (χ3n) is 7.46. The Hall–Kier alpha value is -4.81. The molecule has 0 spiro atoms. The number of aromatic nitrogens is 8. The van der Waals surface area contributed by atoms with Gasteiger partial charge in [0, 0.05) is 43.8 Å². The van der Waals surface area contributed by atoms with Crippen molar-refractivity contribution in [3.8, 4) is 45.6 Å². The summed E-state index contributed by atoms with van der Waals surface area (Å²) in [6.45, 7) is 0. The van der Waals surface area contributed by atoms with Crippen LogP contribution >= 0.6 is 9.53 Å². The summed E-state index contributed by atoms with van der Waals surface area (Å²) in [5.74, 6) is 2.39. The van der Waals surface area contributed by atoms with Gasteiger partial charge >= 0.3 is 27.7 Å². The van der Waals surface area contributed by atoms with Crippen molar-refractivity contribution in [1.29, 1.82) is 0 Å². The topological polar surface area (TPSA) is 109 Å². The summed E-state index contributed by atoms with van der Waals surface area (Å²) in [6, 6.07) is 32.2. The zero-order valence-electron chi connectivity index (χ0n) is 21.7. The Labute approximate surface area is 253 Å². The normalized spacial score (nSPS) is 11.6. The molecule has 7 aromatic rings. The number of benzene rings is 4. The van der Waals surface area contributed by atoms with E-state index in [4.69, 9.17) is 39.4 Å². The zero-order chi connectivity index (χ0) is 28.2. The van der Waals surface area contributed by atoms with E-state index in [2.05, 4.69) is 9.97 Å². The number of nitrogens with zero attached hydrogens (tertiary/aromatic N) is 6. The molecule has 8 nitrogen and oxygen atoms in total. The van der Waals surface area contributed by atoms with Crippen LogP contribution in [0.4, 0.5) is 0 Å². The van der Waals surface area contributed by atoms with E-state index >= 15 is 0 Å². The number of rotatable bonds is 0. The van der Waals surface area contributed by atoms with Crippen LogP contribution in [0.1, 0.15) is 0 Å². The first-order chi connectivity index (χ1) is 20.8. The third kappa shape index (κ3) is 3.86. The van der Waals surface area contributed by atoms with Gasteiger partial charge in [0.25, 0.3) is 0 Å². The summed E-state index contributed by atoms with van der Waals surface area (Å²) in [4.78, 5) is 36.8. The van der Waals surface area contributed by atoms with Crippen LogP contribution in [0.25, 0.3) is 89.7 Å². The fourth-order valence-corrected chi connectivity index (χ4v) is 5.59. The molecule has 2 N–H and O–H groups in total. The molecule has 0 amide bonds. The Morgan fingerprint density at radius 2 is 0.595 bits per heavy atom. The summed E-state index contributed by atoms with van der Waals surface area (Å²) in [7, 11) is 4.69. The van der Waals surface area contributed by atoms with E-state index in [1.807, 2.05) is 97.1 Å². The van der Waals surface area contributed by atoms with E-state index in [1.54, 1.807) is 0 Å². The molecule has 0 saturated carbocycles. The van der Waals surface area contributed by atoms with E-state index in [0.29, 0.717) is 45.9 Å². The Kier molecular flexibility index (Phi) is 5.90. The first-order valence-electron chi connectivity index (χ1n) is 13.1. The minimum Gasteiger partial charge on any atom is -0.324 e. The average molecular weight is 736 g/mol. The molecule has 0 fully saturated rings. The maximum Gasteiger partial charge on any atom is 0.164 e. The predicted molar refractivity (Wildman–Crippen MR) is 162 cm³/mol. The maximum atomic E-state index is 5.02. The van der Waals surface area contributed by atoms with Gasteiger partial charge in [-0.25, -0.2) is 29.9 Å². The van der Waals surface area contributed by atoms with Gasteiger partial charge in [-0.3, -0.25) is 0 Å². The number of nitrogens with one attached hydrogen (secondary N) is 2. The molecule has 0 atom stereocenters. The molecule has 2 aliphatic rings. The van der Waals surface area contributed by atoms with E-state index in [0.717, 1.165) is 43.8 Å². The van der Waals surface area contributed by atoms with Gasteiger partial charge in [0.1, 0.15) is 22.6 Å². The van der Waals surface area contributed by atoms with Crippen molar-refractivity contribution >= 4 is 53.7 Å². The van der Waals surface area contributed by atoms with Gasteiger partial charge in [-0.05, 0) is 0 Å². The Balaban J connectivity index is 0.00000131. The van der Waals surface area contributed by atoms with Crippen LogP contribution in [0.3, 0.4) is 0 Å². The average Bonchev–Trinajstić information content (AvgIpc) is 3.78. The van der Waals surface area contributed by atoms with Crippen molar-refractivity contribution in [1.82, 2.24) is 39.9 Å². The number of aromatic amines is 2. The van der Waals surface area contributed by atoms with E-state index in [1.165, 1.54) is 18.2 Å². The summed E-state index contributed by atoms with van der Waals surface area (Å²) in [6.07, 6.45) is 0. The summed E-state index contributed by atoms with van der Waals surface area (Å²) in [5, 5.41) is 3.82. The summed E-state index contributed by atoms with van der Waals surface area (Å²) in [5.41, 5.74) is 6.45. The number of hydrogen-bond donors (Lipinski definition) is 2. The molecule has 42 heavy (non-hydrogen) atoms. The summed E-state index contributed by atoms with van der Waals surface area (Å²) < 4.78 is 0. The molecular weight excluding hydrogens is 718 g/mol. The van der Waals surface area contributed by atoms with Gasteiger partial charge in [-0.2, -0.15) is 0 Å². The zero-order valence-corrected chi connectivity index (χ0v) is 25.1. The SMILES string of the molecule is [Cl][Re].c1ccc2c(c1)-c1nc-2nc2[nH]c(nc3nc(nc4[nH]c(n1)c1ccccc41)-c1ccccc1-3)c1ccccc21. The number of halogens is 1. The molecule has 2 aliphatic heterocycles. The molecule has 3 aromatic heterocycles. The van der Waals surface area contributed by atoms with Crippen LogP contribution in [-0.2, 0) is 18.2 Å². The molecule has 200 valence electrons. The largest absolute Gasteiger partial charge is 0.324 e. The van der Waals surface area contributed by atoms with Crippen LogP contribution in [0.5, 0.6) is 0 Å². The molecule has 0 aliphatic carbocycles. The van der Waals surface area contributed by atoms with Crippen LogP contribution in [0.15, 0.2) is 97.1 Å². The molecule has 0 radical (unpaired) electrons. The molecule has 0 saturated heterocycles. The van der Waals surface area contributed by atoms with Crippen LogP contribution in [-0.4, -0.2) is 39.9 Å². The number of hydrogen-bond acceptors (Lipinski definition) is 6. The van der Waals surface area contributed by atoms with Gasteiger partial charge in [-0.15, -0.1) is 0 Å². The number of H-pyrrole nitrogens is 2. The minimum absolute atomic E-state index is 0.597. The monoisotopic (exact) mass is 736 g/mol. The third-order valence-corrected chi connectivity index (χ3v) is 7.46. The van der Waals surface area contributed by atoms with Crippen LogP contribution in [0, 0.1) is 0 Å². The van der Waals surface area contributed by atoms with Gasteiger partial charge in [0.15, 0.2) is 23.3 Å². The van der Waals surface area contributed by atoms with Crippen molar-refractivity contribution in [3.63, 3.8) is 0 Å². The van der Waals surface area contributed by atoms with Gasteiger partial charge in [-0.1, -0.05) is 97.1 Å². The van der Waals surface area contributed by atoms with Crippen molar-refractivity contribution in [3.05, 3.63) is 97.1 Å². The van der Waals surface area contributed by atoms with E-state index < -0.39 is 0 Å². The molecule has 8 bridgehead atoms. The molecule has 5 heterocycles.